The van der Waals surface area contributed by atoms with Gasteiger partial charge in [0.15, 0.2) is 11.3 Å². The molecule has 6 nitrogen and oxygen atoms in total. The molecule has 0 bridgehead atoms. The number of hydrogen-bond acceptors (Lipinski definition) is 4. The number of fused-ring (bicyclic) bond motifs is 1. The van der Waals surface area contributed by atoms with E-state index in [1.54, 1.807) is 7.05 Å². The zero-order valence-corrected chi connectivity index (χ0v) is 10.2. The van der Waals surface area contributed by atoms with Crippen molar-refractivity contribution < 1.29 is 13.2 Å². The first-order chi connectivity index (χ1) is 9.50. The predicted molar refractivity (Wildman–Crippen MR) is 65.1 cm³/mol. The summed E-state index contributed by atoms with van der Waals surface area (Å²) in [6.07, 6.45) is -1.84. The van der Waals surface area contributed by atoms with Crippen LogP contribution in [-0.2, 0) is 6.18 Å². The molecule has 20 heavy (non-hydrogen) atoms. The number of rotatable bonds is 2. The number of aromatic nitrogens is 5. The van der Waals surface area contributed by atoms with E-state index in [2.05, 4.69) is 25.6 Å². The largest absolute Gasteiger partial charge is 0.434 e. The first-order valence-electron chi connectivity index (χ1n) is 5.64. The molecule has 3 heterocycles. The van der Waals surface area contributed by atoms with E-state index in [4.69, 9.17) is 0 Å². The number of anilines is 1. The molecule has 0 aliphatic heterocycles. The van der Waals surface area contributed by atoms with Gasteiger partial charge in [-0.2, -0.15) is 23.3 Å². The van der Waals surface area contributed by atoms with E-state index >= 15 is 0 Å². The van der Waals surface area contributed by atoms with E-state index in [-0.39, 0.29) is 17.2 Å². The summed E-state index contributed by atoms with van der Waals surface area (Å²) in [5.41, 5.74) is -0.439. The quantitative estimate of drug-likeness (QED) is 0.755. The van der Waals surface area contributed by atoms with Gasteiger partial charge in [-0.15, -0.1) is 5.10 Å². The van der Waals surface area contributed by atoms with Gasteiger partial charge >= 0.3 is 6.18 Å². The highest BCUT2D eigenvalue weighted by Crippen LogP contribution is 2.37. The smallest absolute Gasteiger partial charge is 0.356 e. The molecule has 0 saturated heterocycles. The molecule has 0 radical (unpaired) electrons. The lowest BCUT2D eigenvalue weighted by Crippen LogP contribution is -2.14. The number of halogens is 3. The summed E-state index contributed by atoms with van der Waals surface area (Å²) in [4.78, 5) is 3.95. The third-order valence-electron chi connectivity index (χ3n) is 2.80. The minimum Gasteiger partial charge on any atom is -0.356 e. The molecule has 0 aromatic carbocycles. The third-order valence-corrected chi connectivity index (χ3v) is 2.80. The molecule has 0 aliphatic rings. The van der Waals surface area contributed by atoms with Crippen molar-refractivity contribution >= 4 is 11.6 Å². The summed E-state index contributed by atoms with van der Waals surface area (Å²) in [7, 11) is 1.54. The fourth-order valence-corrected chi connectivity index (χ4v) is 1.96. The van der Waals surface area contributed by atoms with Crippen LogP contribution >= 0.6 is 0 Å². The average molecular weight is 282 g/mol. The second kappa shape index (κ2) is 4.22. The Morgan fingerprint density at radius 1 is 1.30 bits per heavy atom. The lowest BCUT2D eigenvalue weighted by Gasteiger charge is -2.12. The number of aromatic amines is 1. The van der Waals surface area contributed by atoms with E-state index < -0.39 is 11.9 Å². The van der Waals surface area contributed by atoms with Crippen molar-refractivity contribution in [1.29, 1.82) is 0 Å². The fourth-order valence-electron chi connectivity index (χ4n) is 1.96. The average Bonchev–Trinajstić information content (AvgIpc) is 3.04. The number of H-pyrrole nitrogens is 1. The van der Waals surface area contributed by atoms with Gasteiger partial charge in [-0.3, -0.25) is 5.10 Å². The molecule has 9 heteroatoms. The standard InChI is InChI=1S/C11H9F3N6/c1-15-10-18-8-3-2-7(6-4-16-17-5-6)9(11(12,13)14)20(8)19-10/h2-5H,1H3,(H,15,19)(H,16,17). The van der Waals surface area contributed by atoms with Gasteiger partial charge in [0, 0.05) is 24.4 Å². The zero-order valence-electron chi connectivity index (χ0n) is 10.2. The summed E-state index contributed by atoms with van der Waals surface area (Å²) < 4.78 is 40.8. The lowest BCUT2D eigenvalue weighted by molar-refractivity contribution is -0.142. The summed E-state index contributed by atoms with van der Waals surface area (Å²) >= 11 is 0. The van der Waals surface area contributed by atoms with E-state index in [9.17, 15) is 13.2 Å². The molecule has 104 valence electrons. The molecule has 0 spiro atoms. The number of pyridine rings is 1. The molecule has 0 aliphatic carbocycles. The van der Waals surface area contributed by atoms with Crippen LogP contribution in [0.3, 0.4) is 0 Å². The molecule has 3 rings (SSSR count). The van der Waals surface area contributed by atoms with Gasteiger partial charge in [-0.25, -0.2) is 4.52 Å². The highest BCUT2D eigenvalue weighted by atomic mass is 19.4. The van der Waals surface area contributed by atoms with Crippen molar-refractivity contribution in [3.05, 3.63) is 30.2 Å². The van der Waals surface area contributed by atoms with Crippen LogP contribution in [0, 0.1) is 0 Å². The summed E-state index contributed by atoms with van der Waals surface area (Å²) in [6.45, 7) is 0. The van der Waals surface area contributed by atoms with Crippen LogP contribution in [0.15, 0.2) is 24.5 Å². The van der Waals surface area contributed by atoms with Gasteiger partial charge in [0.25, 0.3) is 0 Å². The Kier molecular flexibility index (Phi) is 2.63. The molecule has 0 unspecified atom stereocenters. The molecule has 0 amide bonds. The molecule has 2 N–H and O–H groups in total. The number of hydrogen-bond donors (Lipinski definition) is 2. The van der Waals surface area contributed by atoms with Crippen LogP contribution < -0.4 is 5.32 Å². The monoisotopic (exact) mass is 282 g/mol. The molecule has 0 saturated carbocycles. The Bertz CT molecular complexity index is 743. The Morgan fingerprint density at radius 3 is 2.70 bits per heavy atom. The van der Waals surface area contributed by atoms with E-state index in [1.165, 1.54) is 24.5 Å². The molecule has 0 fully saturated rings. The van der Waals surface area contributed by atoms with Gasteiger partial charge in [-0.05, 0) is 12.1 Å². The lowest BCUT2D eigenvalue weighted by atomic mass is 10.1. The van der Waals surface area contributed by atoms with E-state index in [1.807, 2.05) is 0 Å². The first-order valence-corrected chi connectivity index (χ1v) is 5.64. The number of nitrogens with zero attached hydrogens (tertiary/aromatic N) is 4. The third kappa shape index (κ3) is 1.87. The van der Waals surface area contributed by atoms with Gasteiger partial charge in [0.2, 0.25) is 5.95 Å². The molecular formula is C11H9F3N6. The summed E-state index contributed by atoms with van der Waals surface area (Å²) in [5, 5.41) is 12.6. The van der Waals surface area contributed by atoms with Crippen LogP contribution in [0.25, 0.3) is 16.8 Å². The maximum absolute atomic E-state index is 13.3. The topological polar surface area (TPSA) is 70.9 Å². The van der Waals surface area contributed by atoms with Crippen molar-refractivity contribution in [3.8, 4) is 11.1 Å². The van der Waals surface area contributed by atoms with Crippen molar-refractivity contribution in [2.24, 2.45) is 0 Å². The maximum Gasteiger partial charge on any atom is 0.434 e. The number of alkyl halides is 3. The van der Waals surface area contributed by atoms with Crippen LogP contribution in [0.1, 0.15) is 5.69 Å². The molecule has 0 atom stereocenters. The first kappa shape index (κ1) is 12.5. The van der Waals surface area contributed by atoms with Crippen LogP contribution in [0.4, 0.5) is 19.1 Å². The summed E-state index contributed by atoms with van der Waals surface area (Å²) in [6, 6.07) is 2.84. The minimum atomic E-state index is -4.56. The summed E-state index contributed by atoms with van der Waals surface area (Å²) in [5.74, 6) is 0.125. The van der Waals surface area contributed by atoms with Crippen LogP contribution in [0.5, 0.6) is 0 Å². The second-order valence-corrected chi connectivity index (χ2v) is 4.04. The van der Waals surface area contributed by atoms with Crippen molar-refractivity contribution in [1.82, 2.24) is 24.8 Å². The second-order valence-electron chi connectivity index (χ2n) is 4.04. The number of nitrogens with one attached hydrogen (secondary N) is 2. The van der Waals surface area contributed by atoms with Crippen LogP contribution in [0.2, 0.25) is 0 Å². The van der Waals surface area contributed by atoms with Gasteiger partial charge in [-0.1, -0.05) is 0 Å². The van der Waals surface area contributed by atoms with E-state index in [0.29, 0.717) is 5.56 Å². The highest BCUT2D eigenvalue weighted by molar-refractivity contribution is 5.68. The zero-order chi connectivity index (χ0) is 14.3. The molecular weight excluding hydrogens is 273 g/mol. The van der Waals surface area contributed by atoms with Crippen molar-refractivity contribution in [2.45, 2.75) is 6.18 Å². The molecule has 3 aromatic heterocycles. The fraction of sp³-hybridized carbons (Fsp3) is 0.182. The Labute approximate surface area is 110 Å². The normalized spacial score (nSPS) is 12.0. The Morgan fingerprint density at radius 2 is 2.10 bits per heavy atom. The van der Waals surface area contributed by atoms with Crippen LogP contribution in [-0.4, -0.2) is 31.8 Å². The Hall–Kier alpha value is -2.58. The van der Waals surface area contributed by atoms with Gasteiger partial charge < -0.3 is 5.32 Å². The Balaban J connectivity index is 2.36. The highest BCUT2D eigenvalue weighted by Gasteiger charge is 2.38. The van der Waals surface area contributed by atoms with E-state index in [0.717, 1.165) is 4.52 Å². The predicted octanol–water partition coefficient (Wildman–Crippen LogP) is 2.18. The molecule has 3 aromatic rings. The van der Waals surface area contributed by atoms with Crippen molar-refractivity contribution in [3.63, 3.8) is 0 Å². The maximum atomic E-state index is 13.3. The SMILES string of the molecule is CNc1nc2ccc(-c3cn[nH]c3)c(C(F)(F)F)n2n1. The van der Waals surface area contributed by atoms with Crippen molar-refractivity contribution in [2.75, 3.05) is 12.4 Å². The minimum absolute atomic E-state index is 0.00805. The van der Waals surface area contributed by atoms with Gasteiger partial charge in [0.05, 0.1) is 6.20 Å². The van der Waals surface area contributed by atoms with Gasteiger partial charge in [0.1, 0.15) is 0 Å².